The largest absolute Gasteiger partial charge is 0.380 e. The molecule has 2 rings (SSSR count). The van der Waals surface area contributed by atoms with Gasteiger partial charge in [-0.3, -0.25) is 0 Å². The Bertz CT molecular complexity index is 646. The first kappa shape index (κ1) is 12.1. The second-order valence-corrected chi connectivity index (χ2v) is 4.64. The van der Waals surface area contributed by atoms with Crippen LogP contribution in [0.4, 0.5) is 5.69 Å². The molecule has 0 unspecified atom stereocenters. The van der Waals surface area contributed by atoms with Crippen LogP contribution in [0.25, 0.3) is 0 Å². The van der Waals surface area contributed by atoms with Crippen molar-refractivity contribution in [2.75, 3.05) is 5.32 Å². The smallest absolute Gasteiger partial charge is 0.101 e. The van der Waals surface area contributed by atoms with E-state index in [2.05, 4.69) is 10.3 Å². The number of nitrogens with zero attached hydrogens (tertiary/aromatic N) is 3. The van der Waals surface area contributed by atoms with Gasteiger partial charge >= 0.3 is 0 Å². The molecule has 1 aromatic heterocycles. The maximum atomic E-state index is 8.93. The number of anilines is 1. The van der Waals surface area contributed by atoms with Crippen molar-refractivity contribution in [3.63, 3.8) is 0 Å². The number of rotatable bonds is 3. The van der Waals surface area contributed by atoms with E-state index in [1.807, 2.05) is 24.6 Å². The highest BCUT2D eigenvalue weighted by atomic mass is 32.1. The van der Waals surface area contributed by atoms with Gasteiger partial charge in [-0.05, 0) is 25.1 Å². The van der Waals surface area contributed by atoms with E-state index >= 15 is 0 Å². The molecule has 2 aromatic rings. The predicted molar refractivity (Wildman–Crippen MR) is 70.0 cm³/mol. The molecule has 0 atom stereocenters. The number of benzene rings is 1. The summed E-state index contributed by atoms with van der Waals surface area (Å²) in [7, 11) is 0. The van der Waals surface area contributed by atoms with E-state index in [0.29, 0.717) is 17.7 Å². The lowest BCUT2D eigenvalue weighted by molar-refractivity contribution is 1.12. The molecule has 88 valence electrons. The van der Waals surface area contributed by atoms with Gasteiger partial charge in [0.25, 0.3) is 0 Å². The Labute approximate surface area is 109 Å². The molecule has 1 N–H and O–H groups in total. The van der Waals surface area contributed by atoms with Crippen LogP contribution < -0.4 is 5.32 Å². The molecular weight excluding hydrogens is 244 g/mol. The van der Waals surface area contributed by atoms with Crippen LogP contribution in [-0.4, -0.2) is 4.98 Å². The van der Waals surface area contributed by atoms with Crippen LogP contribution in [-0.2, 0) is 6.54 Å². The first-order valence-corrected chi connectivity index (χ1v) is 6.19. The van der Waals surface area contributed by atoms with Crippen LogP contribution in [0.2, 0.25) is 0 Å². The minimum Gasteiger partial charge on any atom is -0.380 e. The highest BCUT2D eigenvalue weighted by Crippen LogP contribution is 2.18. The number of nitriles is 2. The molecule has 1 aromatic carbocycles. The lowest BCUT2D eigenvalue weighted by atomic mass is 10.1. The van der Waals surface area contributed by atoms with Crippen LogP contribution in [0.5, 0.6) is 0 Å². The second kappa shape index (κ2) is 5.31. The van der Waals surface area contributed by atoms with Crippen LogP contribution in [0.15, 0.2) is 23.7 Å². The minimum atomic E-state index is 0.392. The Hall–Kier alpha value is -2.37. The van der Waals surface area contributed by atoms with Crippen molar-refractivity contribution in [1.82, 2.24) is 4.98 Å². The average Bonchev–Trinajstić information content (AvgIpc) is 2.81. The molecule has 0 saturated carbocycles. The fraction of sp³-hybridized carbons (Fsp3) is 0.154. The zero-order valence-corrected chi connectivity index (χ0v) is 10.6. The molecule has 0 aliphatic rings. The molecule has 0 aliphatic carbocycles. The van der Waals surface area contributed by atoms with Crippen molar-refractivity contribution in [1.29, 1.82) is 10.5 Å². The number of hydrogen-bond acceptors (Lipinski definition) is 5. The Balaban J connectivity index is 2.14. The molecule has 0 amide bonds. The molecule has 0 aliphatic heterocycles. The van der Waals surface area contributed by atoms with Gasteiger partial charge in [-0.25, -0.2) is 4.98 Å². The zero-order chi connectivity index (χ0) is 13.0. The lowest BCUT2D eigenvalue weighted by Crippen LogP contribution is -1.99. The van der Waals surface area contributed by atoms with Crippen molar-refractivity contribution < 1.29 is 0 Å². The molecule has 0 spiro atoms. The Morgan fingerprint density at radius 3 is 2.67 bits per heavy atom. The molecule has 0 bridgehead atoms. The van der Waals surface area contributed by atoms with Crippen molar-refractivity contribution in [2.24, 2.45) is 0 Å². The third-order valence-corrected chi connectivity index (χ3v) is 3.49. The molecule has 0 radical (unpaired) electrons. The van der Waals surface area contributed by atoms with Crippen molar-refractivity contribution in [3.05, 3.63) is 45.4 Å². The monoisotopic (exact) mass is 254 g/mol. The molecule has 4 nitrogen and oxygen atoms in total. The topological polar surface area (TPSA) is 72.5 Å². The Morgan fingerprint density at radius 2 is 2.06 bits per heavy atom. The summed E-state index contributed by atoms with van der Waals surface area (Å²) in [5.41, 5.74) is 4.45. The molecular formula is C13H10N4S. The Kier molecular flexibility index (Phi) is 3.57. The van der Waals surface area contributed by atoms with Gasteiger partial charge in [0, 0.05) is 10.6 Å². The summed E-state index contributed by atoms with van der Waals surface area (Å²) >= 11 is 1.60. The van der Waals surface area contributed by atoms with E-state index in [4.69, 9.17) is 10.5 Å². The van der Waals surface area contributed by atoms with E-state index in [1.54, 1.807) is 29.5 Å². The maximum absolute atomic E-state index is 8.93. The zero-order valence-electron chi connectivity index (χ0n) is 9.77. The van der Waals surface area contributed by atoms with Gasteiger partial charge in [0.15, 0.2) is 0 Å². The standard InChI is InChI=1S/C13H10N4S/c1-9-13(18-8-17-9)7-16-12-3-2-10(5-14)11(4-12)6-15/h2-4,8,16H,7H2,1H3. The fourth-order valence-corrected chi connectivity index (χ4v) is 2.24. The van der Waals surface area contributed by atoms with Gasteiger partial charge in [0.1, 0.15) is 12.1 Å². The van der Waals surface area contributed by atoms with E-state index in [-0.39, 0.29) is 0 Å². The first-order chi connectivity index (χ1) is 8.74. The number of nitrogens with one attached hydrogen (secondary N) is 1. The molecule has 0 saturated heterocycles. The highest BCUT2D eigenvalue weighted by Gasteiger charge is 2.04. The number of aromatic nitrogens is 1. The van der Waals surface area contributed by atoms with E-state index in [9.17, 15) is 0 Å². The van der Waals surface area contributed by atoms with Crippen molar-refractivity contribution >= 4 is 17.0 Å². The van der Waals surface area contributed by atoms with Crippen LogP contribution >= 0.6 is 11.3 Å². The van der Waals surface area contributed by atoms with Crippen LogP contribution in [0.3, 0.4) is 0 Å². The highest BCUT2D eigenvalue weighted by molar-refractivity contribution is 7.09. The summed E-state index contributed by atoms with van der Waals surface area (Å²) in [5, 5.41) is 21.0. The quantitative estimate of drug-likeness (QED) is 0.914. The lowest BCUT2D eigenvalue weighted by Gasteiger charge is -2.06. The third kappa shape index (κ3) is 2.48. The van der Waals surface area contributed by atoms with Crippen molar-refractivity contribution in [3.8, 4) is 12.1 Å². The van der Waals surface area contributed by atoms with Gasteiger partial charge in [0.05, 0.1) is 28.9 Å². The molecule has 18 heavy (non-hydrogen) atoms. The SMILES string of the molecule is Cc1ncsc1CNc1ccc(C#N)c(C#N)c1. The van der Waals surface area contributed by atoms with Gasteiger partial charge in [-0.15, -0.1) is 11.3 Å². The number of hydrogen-bond donors (Lipinski definition) is 1. The summed E-state index contributed by atoms with van der Waals surface area (Å²) in [6.45, 7) is 2.64. The fourth-order valence-electron chi connectivity index (χ4n) is 1.52. The van der Waals surface area contributed by atoms with Crippen LogP contribution in [0.1, 0.15) is 21.7 Å². The van der Waals surface area contributed by atoms with Gasteiger partial charge in [0.2, 0.25) is 0 Å². The van der Waals surface area contributed by atoms with E-state index in [1.165, 1.54) is 0 Å². The normalized spacial score (nSPS) is 9.50. The first-order valence-electron chi connectivity index (χ1n) is 5.31. The average molecular weight is 254 g/mol. The van der Waals surface area contributed by atoms with E-state index in [0.717, 1.165) is 16.3 Å². The summed E-state index contributed by atoms with van der Waals surface area (Å²) in [6, 6.07) is 9.16. The summed E-state index contributed by atoms with van der Waals surface area (Å²) in [5.74, 6) is 0. The number of aryl methyl sites for hydroxylation is 1. The molecule has 1 heterocycles. The maximum Gasteiger partial charge on any atom is 0.101 e. The summed E-state index contributed by atoms with van der Waals surface area (Å²) in [6.07, 6.45) is 0. The van der Waals surface area contributed by atoms with Gasteiger partial charge < -0.3 is 5.32 Å². The van der Waals surface area contributed by atoms with Crippen LogP contribution in [0, 0.1) is 29.6 Å². The summed E-state index contributed by atoms with van der Waals surface area (Å²) < 4.78 is 0. The molecule has 5 heteroatoms. The molecule has 0 fully saturated rings. The third-order valence-electron chi connectivity index (χ3n) is 2.56. The predicted octanol–water partition coefficient (Wildman–Crippen LogP) is 2.81. The van der Waals surface area contributed by atoms with Gasteiger partial charge in [-0.2, -0.15) is 10.5 Å². The van der Waals surface area contributed by atoms with Gasteiger partial charge in [-0.1, -0.05) is 0 Å². The number of thiazole rings is 1. The summed E-state index contributed by atoms with van der Waals surface area (Å²) in [4.78, 5) is 5.34. The van der Waals surface area contributed by atoms with Crippen molar-refractivity contribution in [2.45, 2.75) is 13.5 Å². The Morgan fingerprint density at radius 1 is 1.28 bits per heavy atom. The van der Waals surface area contributed by atoms with E-state index < -0.39 is 0 Å². The minimum absolute atomic E-state index is 0.392. The second-order valence-electron chi connectivity index (χ2n) is 3.70.